The van der Waals surface area contributed by atoms with Gasteiger partial charge in [-0.05, 0) is 38.1 Å². The van der Waals surface area contributed by atoms with Crippen molar-refractivity contribution in [3.05, 3.63) is 46.6 Å². The van der Waals surface area contributed by atoms with Gasteiger partial charge in [0.2, 0.25) is 5.91 Å². The van der Waals surface area contributed by atoms with Crippen LogP contribution < -0.4 is 5.32 Å². The molecule has 1 aromatic carbocycles. The lowest BCUT2D eigenvalue weighted by Crippen LogP contribution is -2.42. The molecule has 1 N–H and O–H groups in total. The van der Waals surface area contributed by atoms with Crippen molar-refractivity contribution in [1.82, 2.24) is 14.7 Å². The second-order valence-corrected chi connectivity index (χ2v) is 8.31. The number of nitrogens with one attached hydrogen (secondary N) is 1. The summed E-state index contributed by atoms with van der Waals surface area (Å²) in [7, 11) is 1.78. The fourth-order valence-corrected chi connectivity index (χ4v) is 2.66. The summed E-state index contributed by atoms with van der Waals surface area (Å²) in [6, 6.07) is 8.38. The molecule has 0 atom stereocenters. The van der Waals surface area contributed by atoms with Gasteiger partial charge in [-0.1, -0.05) is 32.4 Å². The molecule has 0 spiro atoms. The first-order chi connectivity index (χ1) is 12.5. The van der Waals surface area contributed by atoms with Crippen LogP contribution in [-0.2, 0) is 17.3 Å². The fraction of sp³-hybridized carbons (Fsp3) is 0.450. The highest BCUT2D eigenvalue weighted by atomic mass is 35.5. The molecule has 0 radical (unpaired) electrons. The summed E-state index contributed by atoms with van der Waals surface area (Å²) in [5.41, 5.74) is 1.27. The Morgan fingerprint density at radius 3 is 2.30 bits per heavy atom. The van der Waals surface area contributed by atoms with E-state index in [4.69, 9.17) is 11.6 Å². The van der Waals surface area contributed by atoms with E-state index in [0.717, 1.165) is 5.69 Å². The van der Waals surface area contributed by atoms with Crippen LogP contribution in [0.4, 0.5) is 5.82 Å². The Hall–Kier alpha value is -2.34. The van der Waals surface area contributed by atoms with Crippen LogP contribution in [-0.4, -0.2) is 39.1 Å². The molecule has 0 fully saturated rings. The number of benzene rings is 1. The third kappa shape index (κ3) is 5.32. The summed E-state index contributed by atoms with van der Waals surface area (Å²) in [4.78, 5) is 26.9. The van der Waals surface area contributed by atoms with Gasteiger partial charge in [0, 0.05) is 35.2 Å². The van der Waals surface area contributed by atoms with Crippen LogP contribution in [0.3, 0.4) is 0 Å². The number of carbonyl (C=O) groups excluding carboxylic acids is 2. The minimum absolute atomic E-state index is 0.0465. The maximum absolute atomic E-state index is 12.8. The largest absolute Gasteiger partial charge is 0.327 e. The Balaban J connectivity index is 2.12. The van der Waals surface area contributed by atoms with E-state index in [0.29, 0.717) is 16.4 Å². The third-order valence-corrected chi connectivity index (χ3v) is 4.46. The van der Waals surface area contributed by atoms with E-state index < -0.39 is 0 Å². The first kappa shape index (κ1) is 21.0. The van der Waals surface area contributed by atoms with Crippen molar-refractivity contribution in [2.45, 2.75) is 46.1 Å². The number of anilines is 1. The molecule has 1 aromatic heterocycles. The number of rotatable bonds is 5. The molecule has 0 aliphatic carbocycles. The smallest absolute Gasteiger partial charge is 0.254 e. The number of halogens is 1. The Morgan fingerprint density at radius 1 is 1.22 bits per heavy atom. The van der Waals surface area contributed by atoms with Crippen molar-refractivity contribution in [2.24, 2.45) is 7.05 Å². The summed E-state index contributed by atoms with van der Waals surface area (Å²) in [5.74, 6) is 0.124. The van der Waals surface area contributed by atoms with Crippen molar-refractivity contribution < 1.29 is 9.59 Å². The van der Waals surface area contributed by atoms with Gasteiger partial charge in [0.1, 0.15) is 12.4 Å². The van der Waals surface area contributed by atoms with Crippen LogP contribution in [0.5, 0.6) is 0 Å². The number of aryl methyl sites for hydroxylation is 1. The number of hydrogen-bond acceptors (Lipinski definition) is 3. The molecule has 0 aliphatic heterocycles. The Bertz CT molecular complexity index is 819. The molecule has 2 aromatic rings. The standard InChI is InChI=1S/C20H27ClN4O2/c1-13(2)25(19(27)14-7-9-15(21)10-8-14)12-18(26)22-17-11-16(20(3,4)5)23-24(17)6/h7-11,13H,12H2,1-6H3,(H,22,26). The van der Waals surface area contributed by atoms with Crippen LogP contribution >= 0.6 is 11.6 Å². The van der Waals surface area contributed by atoms with Crippen LogP contribution in [0.2, 0.25) is 5.02 Å². The molecular formula is C20H27ClN4O2. The van der Waals surface area contributed by atoms with E-state index in [1.165, 1.54) is 4.90 Å². The SMILES string of the molecule is CC(C)N(CC(=O)Nc1cc(C(C)(C)C)nn1C)C(=O)c1ccc(Cl)cc1. The molecule has 0 aliphatic rings. The van der Waals surface area contributed by atoms with E-state index in [1.807, 2.05) is 19.9 Å². The summed E-state index contributed by atoms with van der Waals surface area (Å²) in [6.45, 7) is 9.89. The van der Waals surface area contributed by atoms with E-state index in [9.17, 15) is 9.59 Å². The monoisotopic (exact) mass is 390 g/mol. The highest BCUT2D eigenvalue weighted by Gasteiger charge is 2.23. The quantitative estimate of drug-likeness (QED) is 0.842. The van der Waals surface area contributed by atoms with Gasteiger partial charge in [-0.2, -0.15) is 5.10 Å². The molecule has 2 amide bonds. The highest BCUT2D eigenvalue weighted by molar-refractivity contribution is 6.30. The average molecular weight is 391 g/mol. The van der Waals surface area contributed by atoms with Crippen molar-refractivity contribution in [1.29, 1.82) is 0 Å². The molecule has 7 heteroatoms. The van der Waals surface area contributed by atoms with E-state index in [2.05, 4.69) is 31.2 Å². The molecule has 0 unspecified atom stereocenters. The predicted molar refractivity (Wildman–Crippen MR) is 108 cm³/mol. The number of amides is 2. The van der Waals surface area contributed by atoms with Gasteiger partial charge in [-0.25, -0.2) is 0 Å². The van der Waals surface area contributed by atoms with Gasteiger partial charge in [0.25, 0.3) is 5.91 Å². The Morgan fingerprint density at radius 2 is 1.81 bits per heavy atom. The predicted octanol–water partition coefficient (Wildman–Crippen LogP) is 3.86. The lowest BCUT2D eigenvalue weighted by atomic mass is 9.92. The van der Waals surface area contributed by atoms with Gasteiger partial charge >= 0.3 is 0 Å². The van der Waals surface area contributed by atoms with Crippen molar-refractivity contribution in [3.63, 3.8) is 0 Å². The van der Waals surface area contributed by atoms with Gasteiger partial charge in [-0.15, -0.1) is 0 Å². The van der Waals surface area contributed by atoms with Gasteiger partial charge in [-0.3, -0.25) is 14.3 Å². The van der Waals surface area contributed by atoms with Crippen molar-refractivity contribution in [2.75, 3.05) is 11.9 Å². The van der Waals surface area contributed by atoms with Gasteiger partial charge in [0.15, 0.2) is 0 Å². The first-order valence-corrected chi connectivity index (χ1v) is 9.27. The minimum Gasteiger partial charge on any atom is -0.327 e. The second kappa shape index (κ2) is 8.13. The van der Waals surface area contributed by atoms with Crippen molar-refractivity contribution in [3.8, 4) is 0 Å². The summed E-state index contributed by atoms with van der Waals surface area (Å²) in [6.07, 6.45) is 0. The van der Waals surface area contributed by atoms with Crippen LogP contribution in [0.15, 0.2) is 30.3 Å². The highest BCUT2D eigenvalue weighted by Crippen LogP contribution is 2.23. The molecule has 0 saturated carbocycles. The molecule has 27 heavy (non-hydrogen) atoms. The minimum atomic E-state index is -0.269. The topological polar surface area (TPSA) is 67.2 Å². The average Bonchev–Trinajstić information content (AvgIpc) is 2.93. The zero-order valence-electron chi connectivity index (χ0n) is 16.7. The Kier molecular flexibility index (Phi) is 6.31. The number of hydrogen-bond donors (Lipinski definition) is 1. The van der Waals surface area contributed by atoms with E-state index in [1.54, 1.807) is 36.0 Å². The summed E-state index contributed by atoms with van der Waals surface area (Å²) in [5, 5.41) is 7.86. The van der Waals surface area contributed by atoms with E-state index >= 15 is 0 Å². The molecule has 1 heterocycles. The lowest BCUT2D eigenvalue weighted by Gasteiger charge is -2.26. The first-order valence-electron chi connectivity index (χ1n) is 8.90. The van der Waals surface area contributed by atoms with Gasteiger partial charge in [0.05, 0.1) is 5.69 Å². The van der Waals surface area contributed by atoms with Crippen LogP contribution in [0.1, 0.15) is 50.7 Å². The third-order valence-electron chi connectivity index (χ3n) is 4.21. The maximum atomic E-state index is 12.8. The fourth-order valence-electron chi connectivity index (χ4n) is 2.54. The van der Waals surface area contributed by atoms with Crippen LogP contribution in [0.25, 0.3) is 0 Å². The molecule has 146 valence electrons. The molecule has 0 saturated heterocycles. The normalized spacial score (nSPS) is 11.6. The zero-order valence-corrected chi connectivity index (χ0v) is 17.5. The molecule has 2 rings (SSSR count). The van der Waals surface area contributed by atoms with Gasteiger partial charge < -0.3 is 10.2 Å². The number of carbonyl (C=O) groups is 2. The summed E-state index contributed by atoms with van der Waals surface area (Å²) < 4.78 is 1.64. The van der Waals surface area contributed by atoms with E-state index in [-0.39, 0.29) is 29.8 Å². The molecular weight excluding hydrogens is 364 g/mol. The number of aromatic nitrogens is 2. The summed E-state index contributed by atoms with van der Waals surface area (Å²) >= 11 is 5.88. The number of nitrogens with zero attached hydrogens (tertiary/aromatic N) is 3. The van der Waals surface area contributed by atoms with Crippen molar-refractivity contribution >= 4 is 29.2 Å². The maximum Gasteiger partial charge on any atom is 0.254 e. The second-order valence-electron chi connectivity index (χ2n) is 7.87. The zero-order chi connectivity index (χ0) is 20.4. The Labute approximate surface area is 165 Å². The molecule has 0 bridgehead atoms. The van der Waals surface area contributed by atoms with Crippen LogP contribution in [0, 0.1) is 0 Å². The lowest BCUT2D eigenvalue weighted by molar-refractivity contribution is -0.117. The molecule has 6 nitrogen and oxygen atoms in total.